The van der Waals surface area contributed by atoms with Crippen LogP contribution in [0.5, 0.6) is 0 Å². The molecule has 0 saturated carbocycles. The average Bonchev–Trinajstić information content (AvgIpc) is 2.84. The Kier molecular flexibility index (Phi) is 3.88. The summed E-state index contributed by atoms with van der Waals surface area (Å²) in [6.45, 7) is 9.32. The van der Waals surface area contributed by atoms with Gasteiger partial charge >= 0.3 is 6.01 Å². The number of aryl methyl sites for hydroxylation is 1. The van der Waals surface area contributed by atoms with Crippen molar-refractivity contribution in [3.8, 4) is 0 Å². The van der Waals surface area contributed by atoms with Crippen molar-refractivity contribution in [1.82, 2.24) is 10.2 Å². The van der Waals surface area contributed by atoms with Crippen LogP contribution in [0.4, 0.5) is 6.01 Å². The van der Waals surface area contributed by atoms with Crippen molar-refractivity contribution in [3.63, 3.8) is 0 Å². The van der Waals surface area contributed by atoms with Gasteiger partial charge in [-0.2, -0.15) is 0 Å². The number of nitrogens with zero attached hydrogens (tertiary/aromatic N) is 2. The minimum absolute atomic E-state index is 0.189. The summed E-state index contributed by atoms with van der Waals surface area (Å²) in [4.78, 5) is 0. The summed E-state index contributed by atoms with van der Waals surface area (Å²) in [5.74, 6) is 0.658. The number of anilines is 1. The van der Waals surface area contributed by atoms with E-state index in [9.17, 15) is 0 Å². The van der Waals surface area contributed by atoms with Crippen molar-refractivity contribution in [2.45, 2.75) is 46.1 Å². The van der Waals surface area contributed by atoms with Gasteiger partial charge in [-0.05, 0) is 16.5 Å². The molecule has 0 bridgehead atoms. The highest BCUT2D eigenvalue weighted by Crippen LogP contribution is 2.22. The van der Waals surface area contributed by atoms with Gasteiger partial charge in [-0.25, -0.2) is 0 Å². The third-order valence-electron chi connectivity index (χ3n) is 3.03. The lowest BCUT2D eigenvalue weighted by atomic mass is 9.87. The van der Waals surface area contributed by atoms with Gasteiger partial charge < -0.3 is 9.73 Å². The van der Waals surface area contributed by atoms with E-state index in [1.807, 2.05) is 6.92 Å². The summed E-state index contributed by atoms with van der Waals surface area (Å²) in [5.41, 5.74) is 2.72. The normalized spacial score (nSPS) is 11.6. The van der Waals surface area contributed by atoms with Crippen molar-refractivity contribution in [3.05, 3.63) is 41.3 Å². The summed E-state index contributed by atoms with van der Waals surface area (Å²) in [6.07, 6.45) is 0.759. The predicted octanol–water partition coefficient (Wildman–Crippen LogP) is 3.54. The zero-order valence-electron chi connectivity index (χ0n) is 12.0. The molecule has 0 saturated heterocycles. The van der Waals surface area contributed by atoms with Crippen molar-refractivity contribution >= 4 is 6.01 Å². The number of benzene rings is 1. The van der Waals surface area contributed by atoms with Crippen LogP contribution < -0.4 is 5.32 Å². The maximum Gasteiger partial charge on any atom is 0.315 e. The average molecular weight is 259 g/mol. The van der Waals surface area contributed by atoms with E-state index in [0.717, 1.165) is 6.42 Å². The van der Waals surface area contributed by atoms with Crippen LogP contribution in [0.3, 0.4) is 0 Å². The fourth-order valence-electron chi connectivity index (χ4n) is 1.77. The van der Waals surface area contributed by atoms with Crippen molar-refractivity contribution in [2.24, 2.45) is 0 Å². The number of rotatable bonds is 4. The van der Waals surface area contributed by atoms with Gasteiger partial charge in [0, 0.05) is 13.0 Å². The molecule has 4 heteroatoms. The molecule has 19 heavy (non-hydrogen) atoms. The van der Waals surface area contributed by atoms with Crippen LogP contribution in [0, 0.1) is 0 Å². The van der Waals surface area contributed by atoms with Crippen LogP contribution in [0.15, 0.2) is 28.7 Å². The molecule has 102 valence electrons. The molecule has 1 heterocycles. The zero-order chi connectivity index (χ0) is 13.9. The molecule has 0 spiro atoms. The van der Waals surface area contributed by atoms with Gasteiger partial charge in [0.1, 0.15) is 0 Å². The fourth-order valence-corrected chi connectivity index (χ4v) is 1.77. The third-order valence-corrected chi connectivity index (χ3v) is 3.03. The molecule has 2 aromatic rings. The van der Waals surface area contributed by atoms with E-state index in [1.54, 1.807) is 0 Å². The van der Waals surface area contributed by atoms with E-state index in [4.69, 9.17) is 4.42 Å². The van der Waals surface area contributed by atoms with Crippen molar-refractivity contribution in [2.75, 3.05) is 5.32 Å². The standard InChI is InChI=1S/C15H21N3O/c1-5-13-17-18-14(19-13)16-10-11-6-8-12(9-7-11)15(2,3)4/h6-9H,5,10H2,1-4H3,(H,16,18). The van der Waals surface area contributed by atoms with Crippen LogP contribution in [0.25, 0.3) is 0 Å². The monoisotopic (exact) mass is 259 g/mol. The molecule has 0 atom stereocenters. The Hall–Kier alpha value is -1.84. The minimum atomic E-state index is 0.189. The van der Waals surface area contributed by atoms with E-state index in [1.165, 1.54) is 11.1 Å². The minimum Gasteiger partial charge on any atom is -0.408 e. The van der Waals surface area contributed by atoms with E-state index >= 15 is 0 Å². The molecule has 1 N–H and O–H groups in total. The highest BCUT2D eigenvalue weighted by atomic mass is 16.4. The lowest BCUT2D eigenvalue weighted by Crippen LogP contribution is -2.11. The molecule has 0 unspecified atom stereocenters. The smallest absolute Gasteiger partial charge is 0.315 e. The molecule has 1 aromatic heterocycles. The fraction of sp³-hybridized carbons (Fsp3) is 0.467. The Labute approximate surface area is 114 Å². The van der Waals surface area contributed by atoms with Crippen LogP contribution in [-0.4, -0.2) is 10.2 Å². The summed E-state index contributed by atoms with van der Waals surface area (Å²) in [7, 11) is 0. The first-order valence-corrected chi connectivity index (χ1v) is 6.64. The second-order valence-corrected chi connectivity index (χ2v) is 5.65. The Morgan fingerprint density at radius 3 is 2.32 bits per heavy atom. The van der Waals surface area contributed by atoms with Gasteiger partial charge in [0.25, 0.3) is 0 Å². The Morgan fingerprint density at radius 2 is 1.79 bits per heavy atom. The Bertz CT molecular complexity index is 523. The molecular weight excluding hydrogens is 238 g/mol. The number of hydrogen-bond acceptors (Lipinski definition) is 4. The van der Waals surface area contributed by atoms with Gasteiger partial charge in [0.2, 0.25) is 5.89 Å². The summed E-state index contributed by atoms with van der Waals surface area (Å²) in [5, 5.41) is 11.0. The van der Waals surface area contributed by atoms with Crippen LogP contribution >= 0.6 is 0 Å². The summed E-state index contributed by atoms with van der Waals surface area (Å²) in [6, 6.07) is 9.08. The number of hydrogen-bond donors (Lipinski definition) is 1. The Balaban J connectivity index is 1.96. The molecule has 0 amide bonds. The molecule has 4 nitrogen and oxygen atoms in total. The lowest BCUT2D eigenvalue weighted by molar-refractivity contribution is 0.511. The first kappa shape index (κ1) is 13.6. The lowest BCUT2D eigenvalue weighted by Gasteiger charge is -2.19. The predicted molar refractivity (Wildman–Crippen MR) is 76.1 cm³/mol. The Morgan fingerprint density at radius 1 is 1.11 bits per heavy atom. The van der Waals surface area contributed by atoms with Gasteiger partial charge in [-0.15, -0.1) is 5.10 Å². The van der Waals surface area contributed by atoms with Crippen LogP contribution in [0.1, 0.15) is 44.7 Å². The highest BCUT2D eigenvalue weighted by Gasteiger charge is 2.12. The van der Waals surface area contributed by atoms with Gasteiger partial charge in [-0.3, -0.25) is 0 Å². The third kappa shape index (κ3) is 3.56. The van der Waals surface area contributed by atoms with E-state index in [-0.39, 0.29) is 5.41 Å². The number of aromatic nitrogens is 2. The second kappa shape index (κ2) is 5.43. The molecule has 0 aliphatic carbocycles. The van der Waals surface area contributed by atoms with Gasteiger partial charge in [0.05, 0.1) is 0 Å². The van der Waals surface area contributed by atoms with Crippen LogP contribution in [-0.2, 0) is 18.4 Å². The van der Waals surface area contributed by atoms with Crippen molar-refractivity contribution < 1.29 is 4.42 Å². The van der Waals surface area contributed by atoms with E-state index < -0.39 is 0 Å². The summed E-state index contributed by atoms with van der Waals surface area (Å²) >= 11 is 0. The largest absolute Gasteiger partial charge is 0.408 e. The maximum absolute atomic E-state index is 5.40. The first-order chi connectivity index (χ1) is 8.99. The molecule has 0 radical (unpaired) electrons. The molecule has 0 aliphatic rings. The quantitative estimate of drug-likeness (QED) is 0.912. The van der Waals surface area contributed by atoms with E-state index in [2.05, 4.69) is 60.6 Å². The molecule has 1 aromatic carbocycles. The second-order valence-electron chi connectivity index (χ2n) is 5.65. The molecule has 0 aliphatic heterocycles. The summed E-state index contributed by atoms with van der Waals surface area (Å²) < 4.78 is 5.40. The maximum atomic E-state index is 5.40. The number of nitrogens with one attached hydrogen (secondary N) is 1. The van der Waals surface area contributed by atoms with Crippen LogP contribution in [0.2, 0.25) is 0 Å². The highest BCUT2D eigenvalue weighted by molar-refractivity contribution is 5.30. The topological polar surface area (TPSA) is 51.0 Å². The molecule has 2 rings (SSSR count). The van der Waals surface area contributed by atoms with E-state index in [0.29, 0.717) is 18.5 Å². The molecular formula is C15H21N3O. The first-order valence-electron chi connectivity index (χ1n) is 6.64. The molecule has 0 fully saturated rings. The SMILES string of the molecule is CCc1nnc(NCc2ccc(C(C)(C)C)cc2)o1. The van der Waals surface area contributed by atoms with Gasteiger partial charge in [0.15, 0.2) is 0 Å². The van der Waals surface area contributed by atoms with Crippen molar-refractivity contribution in [1.29, 1.82) is 0 Å². The van der Waals surface area contributed by atoms with Gasteiger partial charge in [-0.1, -0.05) is 57.1 Å². The zero-order valence-corrected chi connectivity index (χ0v) is 12.0.